The number of carbonyl (C=O) groups excluding carboxylic acids is 1. The predicted molar refractivity (Wildman–Crippen MR) is 113 cm³/mol. The van der Waals surface area contributed by atoms with E-state index in [-0.39, 0.29) is 22.4 Å². The van der Waals surface area contributed by atoms with Gasteiger partial charge in [-0.25, -0.2) is 12.8 Å². The lowest BCUT2D eigenvalue weighted by Gasteiger charge is -2.27. The molecule has 1 aromatic heterocycles. The Morgan fingerprint density at radius 3 is 2.40 bits per heavy atom. The molecular formula is C21H28FN3O4S. The summed E-state index contributed by atoms with van der Waals surface area (Å²) in [5.74, 6) is -0.894. The predicted octanol–water partition coefficient (Wildman–Crippen LogP) is 3.40. The molecule has 0 saturated carbocycles. The number of hydrogen-bond acceptors (Lipinski definition) is 4. The number of nitrogens with zero attached hydrogens (tertiary/aromatic N) is 3. The summed E-state index contributed by atoms with van der Waals surface area (Å²) in [5.41, 5.74) is 0.588. The average Bonchev–Trinajstić information content (AvgIpc) is 3.11. The van der Waals surface area contributed by atoms with Gasteiger partial charge in [-0.15, -0.1) is 0 Å². The standard InChI is InChI=1S/C21H28FN3O4S/c1-15(2)25(16-8-9-20(29-4)18(22)12-16)21(26)19-13-17(14-23(19)3)30(27,28)24-10-6-5-7-11-24/h8-9,12-15H,5-7,10-11H2,1-4H3. The molecule has 1 fully saturated rings. The summed E-state index contributed by atoms with van der Waals surface area (Å²) in [6, 6.07) is 5.44. The first kappa shape index (κ1) is 22.3. The lowest BCUT2D eigenvalue weighted by Crippen LogP contribution is -2.38. The molecule has 3 rings (SSSR count). The number of carbonyl (C=O) groups is 1. The van der Waals surface area contributed by atoms with E-state index in [0.29, 0.717) is 18.8 Å². The van der Waals surface area contributed by atoms with Crippen molar-refractivity contribution in [2.45, 2.75) is 44.0 Å². The number of sulfonamides is 1. The van der Waals surface area contributed by atoms with Gasteiger partial charge in [0.2, 0.25) is 10.0 Å². The van der Waals surface area contributed by atoms with Crippen molar-refractivity contribution >= 4 is 21.6 Å². The number of aryl methyl sites for hydroxylation is 1. The van der Waals surface area contributed by atoms with E-state index in [1.807, 2.05) is 13.8 Å². The minimum atomic E-state index is -3.66. The van der Waals surface area contributed by atoms with Crippen molar-refractivity contribution in [1.82, 2.24) is 8.87 Å². The highest BCUT2D eigenvalue weighted by Crippen LogP contribution is 2.28. The third-order valence-electron chi connectivity index (χ3n) is 5.30. The van der Waals surface area contributed by atoms with Gasteiger partial charge < -0.3 is 14.2 Å². The molecule has 0 radical (unpaired) electrons. The van der Waals surface area contributed by atoms with Crippen molar-refractivity contribution in [2.75, 3.05) is 25.1 Å². The molecule has 1 aliphatic heterocycles. The highest BCUT2D eigenvalue weighted by Gasteiger charge is 2.30. The van der Waals surface area contributed by atoms with E-state index in [1.54, 1.807) is 13.1 Å². The van der Waals surface area contributed by atoms with Crippen molar-refractivity contribution in [3.8, 4) is 5.75 Å². The SMILES string of the molecule is COc1ccc(N(C(=O)c2cc(S(=O)(=O)N3CCCCC3)cn2C)C(C)C)cc1F. The van der Waals surface area contributed by atoms with Gasteiger partial charge in [0, 0.05) is 44.1 Å². The minimum absolute atomic E-state index is 0.0867. The van der Waals surface area contributed by atoms with Crippen LogP contribution in [0.1, 0.15) is 43.6 Å². The number of halogens is 1. The number of anilines is 1. The fourth-order valence-electron chi connectivity index (χ4n) is 3.72. The Bertz CT molecular complexity index is 1030. The summed E-state index contributed by atoms with van der Waals surface area (Å²) < 4.78 is 48.1. The topological polar surface area (TPSA) is 71.8 Å². The van der Waals surface area contributed by atoms with Gasteiger partial charge in [0.05, 0.1) is 7.11 Å². The van der Waals surface area contributed by atoms with Gasteiger partial charge in [-0.2, -0.15) is 4.31 Å². The third-order valence-corrected chi connectivity index (χ3v) is 7.16. The normalized spacial score (nSPS) is 15.4. The Hall–Kier alpha value is -2.39. The van der Waals surface area contributed by atoms with Gasteiger partial charge in [0.25, 0.3) is 5.91 Å². The molecule has 0 atom stereocenters. The molecule has 0 N–H and O–H groups in total. The summed E-state index contributed by atoms with van der Waals surface area (Å²) in [4.78, 5) is 14.9. The van der Waals surface area contributed by atoms with E-state index >= 15 is 0 Å². The van der Waals surface area contributed by atoms with Crippen molar-refractivity contribution in [3.05, 3.63) is 42.0 Å². The number of hydrogen-bond donors (Lipinski definition) is 0. The van der Waals surface area contributed by atoms with Gasteiger partial charge in [-0.05, 0) is 44.9 Å². The van der Waals surface area contributed by atoms with Crippen molar-refractivity contribution in [1.29, 1.82) is 0 Å². The van der Waals surface area contributed by atoms with Crippen molar-refractivity contribution in [3.63, 3.8) is 0 Å². The van der Waals surface area contributed by atoms with E-state index in [9.17, 15) is 17.6 Å². The molecule has 0 bridgehead atoms. The maximum absolute atomic E-state index is 14.2. The van der Waals surface area contributed by atoms with E-state index in [4.69, 9.17) is 4.74 Å². The van der Waals surface area contributed by atoms with E-state index in [2.05, 4.69) is 0 Å². The van der Waals surface area contributed by atoms with Gasteiger partial charge in [0.15, 0.2) is 11.6 Å². The van der Waals surface area contributed by atoms with Crippen molar-refractivity contribution in [2.24, 2.45) is 7.05 Å². The zero-order valence-corrected chi connectivity index (χ0v) is 18.6. The molecule has 164 valence electrons. The second-order valence-electron chi connectivity index (χ2n) is 7.72. The first-order valence-electron chi connectivity index (χ1n) is 10.0. The number of piperidine rings is 1. The number of rotatable bonds is 6. The van der Waals surface area contributed by atoms with Gasteiger partial charge in [0.1, 0.15) is 10.6 Å². The number of methoxy groups -OCH3 is 1. The monoisotopic (exact) mass is 437 g/mol. The second-order valence-corrected chi connectivity index (χ2v) is 9.66. The largest absolute Gasteiger partial charge is 0.494 e. The molecule has 1 aromatic carbocycles. The highest BCUT2D eigenvalue weighted by atomic mass is 32.2. The fraction of sp³-hybridized carbons (Fsp3) is 0.476. The highest BCUT2D eigenvalue weighted by molar-refractivity contribution is 7.89. The second kappa shape index (κ2) is 8.77. The summed E-state index contributed by atoms with van der Waals surface area (Å²) in [5, 5.41) is 0. The third kappa shape index (κ3) is 4.22. The number of amides is 1. The van der Waals surface area contributed by atoms with Crippen molar-refractivity contribution < 1.29 is 22.3 Å². The zero-order valence-electron chi connectivity index (χ0n) is 17.8. The molecule has 7 nitrogen and oxygen atoms in total. The fourth-order valence-corrected chi connectivity index (χ4v) is 5.31. The van der Waals surface area contributed by atoms with Crippen LogP contribution in [0.3, 0.4) is 0 Å². The van der Waals surface area contributed by atoms with Crippen LogP contribution in [0.25, 0.3) is 0 Å². The average molecular weight is 438 g/mol. The molecule has 2 heterocycles. The molecule has 30 heavy (non-hydrogen) atoms. The Kier molecular flexibility index (Phi) is 6.52. The number of aromatic nitrogens is 1. The molecule has 0 spiro atoms. The van der Waals surface area contributed by atoms with Crippen LogP contribution in [0.4, 0.5) is 10.1 Å². The lowest BCUT2D eigenvalue weighted by molar-refractivity contribution is 0.0972. The first-order chi connectivity index (χ1) is 14.2. The number of ether oxygens (including phenoxy) is 1. The van der Waals surface area contributed by atoms with Gasteiger partial charge in [-0.3, -0.25) is 4.79 Å². The van der Waals surface area contributed by atoms with Gasteiger partial charge in [-0.1, -0.05) is 6.42 Å². The summed E-state index contributed by atoms with van der Waals surface area (Å²) in [6.45, 7) is 4.61. The Morgan fingerprint density at radius 2 is 1.83 bits per heavy atom. The van der Waals surface area contributed by atoms with Crippen LogP contribution in [0.15, 0.2) is 35.4 Å². The maximum Gasteiger partial charge on any atom is 0.275 e. The molecule has 1 saturated heterocycles. The molecule has 2 aromatic rings. The Balaban J connectivity index is 1.96. The molecule has 0 unspecified atom stereocenters. The first-order valence-corrected chi connectivity index (χ1v) is 11.4. The number of benzene rings is 1. The summed E-state index contributed by atoms with van der Waals surface area (Å²) in [7, 11) is -0.651. The van der Waals surface area contributed by atoms with E-state index in [1.165, 1.54) is 45.3 Å². The smallest absolute Gasteiger partial charge is 0.275 e. The van der Waals surface area contributed by atoms with Crippen LogP contribution in [-0.4, -0.2) is 49.4 Å². The Labute approximate surface area is 177 Å². The van der Waals surface area contributed by atoms with Crippen LogP contribution < -0.4 is 9.64 Å². The van der Waals surface area contributed by atoms with Crippen LogP contribution in [0.5, 0.6) is 5.75 Å². The summed E-state index contributed by atoms with van der Waals surface area (Å²) in [6.07, 6.45) is 4.15. The molecule has 1 amide bonds. The zero-order chi connectivity index (χ0) is 22.1. The Morgan fingerprint density at radius 1 is 1.17 bits per heavy atom. The van der Waals surface area contributed by atoms with Crippen LogP contribution in [0.2, 0.25) is 0 Å². The molecular weight excluding hydrogens is 409 g/mol. The molecule has 1 aliphatic rings. The van der Waals surface area contributed by atoms with Crippen LogP contribution >= 0.6 is 0 Å². The van der Waals surface area contributed by atoms with E-state index in [0.717, 1.165) is 19.3 Å². The quantitative estimate of drug-likeness (QED) is 0.694. The lowest BCUT2D eigenvalue weighted by atomic mass is 10.2. The molecule has 9 heteroatoms. The van der Waals surface area contributed by atoms with Crippen LogP contribution in [-0.2, 0) is 17.1 Å². The summed E-state index contributed by atoms with van der Waals surface area (Å²) >= 11 is 0. The van der Waals surface area contributed by atoms with Crippen LogP contribution in [0, 0.1) is 5.82 Å². The minimum Gasteiger partial charge on any atom is -0.494 e. The molecule has 0 aliphatic carbocycles. The maximum atomic E-state index is 14.2. The van der Waals surface area contributed by atoms with Gasteiger partial charge >= 0.3 is 0 Å². The van der Waals surface area contributed by atoms with E-state index < -0.39 is 21.7 Å².